The minimum Gasteiger partial charge on any atom is -0.334 e. The van der Waals surface area contributed by atoms with Gasteiger partial charge in [-0.05, 0) is 35.9 Å². The van der Waals surface area contributed by atoms with Crippen molar-refractivity contribution in [1.29, 1.82) is 0 Å². The molecule has 0 saturated heterocycles. The lowest BCUT2D eigenvalue weighted by molar-refractivity contribution is 0.251. The molecule has 0 aromatic heterocycles. The van der Waals surface area contributed by atoms with Gasteiger partial charge < -0.3 is 10.6 Å². The zero-order chi connectivity index (χ0) is 16.2. The summed E-state index contributed by atoms with van der Waals surface area (Å²) in [5.74, 6) is 0. The van der Waals surface area contributed by atoms with Crippen molar-refractivity contribution in [3.8, 4) is 0 Å². The van der Waals surface area contributed by atoms with E-state index in [4.69, 9.17) is 16.7 Å². The Morgan fingerprint density at radius 3 is 2.32 bits per heavy atom. The zero-order valence-electron chi connectivity index (χ0n) is 11.4. The number of anilines is 1. The van der Waals surface area contributed by atoms with E-state index in [0.717, 1.165) is 5.56 Å². The molecule has 4 N–H and O–H groups in total. The number of nitrogens with two attached hydrogens (primary N) is 1. The Bertz CT molecular complexity index is 776. The summed E-state index contributed by atoms with van der Waals surface area (Å²) in [7, 11) is -3.74. The fourth-order valence-corrected chi connectivity index (χ4v) is 2.44. The van der Waals surface area contributed by atoms with Crippen LogP contribution in [0.25, 0.3) is 0 Å². The number of benzene rings is 2. The summed E-state index contributed by atoms with van der Waals surface area (Å²) < 4.78 is 22.2. The molecule has 0 aliphatic carbocycles. The third-order valence-electron chi connectivity index (χ3n) is 2.84. The number of sulfonamides is 1. The summed E-state index contributed by atoms with van der Waals surface area (Å²) in [5.41, 5.74) is 1.24. The van der Waals surface area contributed by atoms with E-state index in [1.165, 1.54) is 24.3 Å². The van der Waals surface area contributed by atoms with Crippen LogP contribution in [0.3, 0.4) is 0 Å². The van der Waals surface area contributed by atoms with Gasteiger partial charge in [-0.1, -0.05) is 29.8 Å². The number of rotatable bonds is 4. The number of urea groups is 1. The van der Waals surface area contributed by atoms with Crippen molar-refractivity contribution >= 4 is 33.3 Å². The maximum absolute atomic E-state index is 11.8. The van der Waals surface area contributed by atoms with Crippen LogP contribution >= 0.6 is 11.6 Å². The number of carbonyl (C=O) groups is 1. The Hall–Kier alpha value is -2.09. The highest BCUT2D eigenvalue weighted by Gasteiger charge is 2.08. The van der Waals surface area contributed by atoms with Crippen LogP contribution in [0.15, 0.2) is 53.4 Å². The van der Waals surface area contributed by atoms with Crippen LogP contribution in [0.1, 0.15) is 5.56 Å². The molecule has 0 heterocycles. The van der Waals surface area contributed by atoms with Gasteiger partial charge in [0.25, 0.3) is 0 Å². The normalized spacial score (nSPS) is 11.0. The highest BCUT2D eigenvalue weighted by atomic mass is 35.5. The molecule has 6 nitrogen and oxygen atoms in total. The SMILES string of the molecule is NS(=O)(=O)c1ccc(NC(=O)NCc2ccccc2Cl)cc1. The van der Waals surface area contributed by atoms with Gasteiger partial charge in [0.1, 0.15) is 0 Å². The van der Waals surface area contributed by atoms with Crippen LogP contribution in [0, 0.1) is 0 Å². The third-order valence-corrected chi connectivity index (χ3v) is 4.14. The molecule has 0 radical (unpaired) electrons. The molecule has 0 bridgehead atoms. The van der Waals surface area contributed by atoms with Gasteiger partial charge in [-0.15, -0.1) is 0 Å². The molecule has 0 aliphatic rings. The number of hydrogen-bond donors (Lipinski definition) is 3. The lowest BCUT2D eigenvalue weighted by atomic mass is 10.2. The molecule has 116 valence electrons. The first kappa shape index (κ1) is 16.3. The minimum atomic E-state index is -3.74. The van der Waals surface area contributed by atoms with Crippen molar-refractivity contribution < 1.29 is 13.2 Å². The summed E-state index contributed by atoms with van der Waals surface area (Å²) in [5, 5.41) is 10.8. The number of carbonyl (C=O) groups excluding carboxylic acids is 1. The molecular weight excluding hydrogens is 326 g/mol. The maximum atomic E-state index is 11.8. The molecule has 2 aromatic carbocycles. The summed E-state index contributed by atoms with van der Waals surface area (Å²) >= 11 is 5.99. The van der Waals surface area contributed by atoms with Crippen molar-refractivity contribution in [2.75, 3.05) is 5.32 Å². The summed E-state index contributed by atoms with van der Waals surface area (Å²) in [6, 6.07) is 12.3. The van der Waals surface area contributed by atoms with E-state index in [0.29, 0.717) is 10.7 Å². The largest absolute Gasteiger partial charge is 0.334 e. The lowest BCUT2D eigenvalue weighted by Gasteiger charge is -2.09. The number of amides is 2. The topological polar surface area (TPSA) is 101 Å². The predicted octanol–water partition coefficient (Wildman–Crippen LogP) is 2.31. The van der Waals surface area contributed by atoms with Crippen molar-refractivity contribution in [2.45, 2.75) is 11.4 Å². The van der Waals surface area contributed by atoms with E-state index >= 15 is 0 Å². The first-order valence-electron chi connectivity index (χ1n) is 6.27. The predicted molar refractivity (Wildman–Crippen MR) is 85.1 cm³/mol. The van der Waals surface area contributed by atoms with E-state index in [-0.39, 0.29) is 11.4 Å². The van der Waals surface area contributed by atoms with Crippen LogP contribution in [-0.4, -0.2) is 14.4 Å². The third kappa shape index (κ3) is 4.45. The molecule has 22 heavy (non-hydrogen) atoms. The average Bonchev–Trinajstić information content (AvgIpc) is 2.46. The maximum Gasteiger partial charge on any atom is 0.319 e. The van der Waals surface area contributed by atoms with E-state index in [1.54, 1.807) is 12.1 Å². The molecule has 0 atom stereocenters. The second-order valence-corrected chi connectivity index (χ2v) is 6.44. The van der Waals surface area contributed by atoms with Crippen molar-refractivity contribution in [3.63, 3.8) is 0 Å². The highest BCUT2D eigenvalue weighted by molar-refractivity contribution is 7.89. The Labute approximate surface area is 133 Å². The molecule has 0 unspecified atom stereocenters. The molecule has 0 fully saturated rings. The lowest BCUT2D eigenvalue weighted by Crippen LogP contribution is -2.28. The Morgan fingerprint density at radius 2 is 1.73 bits per heavy atom. The number of halogens is 1. The van der Waals surface area contributed by atoms with Gasteiger partial charge in [-0.2, -0.15) is 0 Å². The molecular formula is C14H14ClN3O3S. The van der Waals surface area contributed by atoms with Gasteiger partial charge >= 0.3 is 6.03 Å². The van der Waals surface area contributed by atoms with Gasteiger partial charge in [-0.25, -0.2) is 18.4 Å². The van der Waals surface area contributed by atoms with Crippen LogP contribution < -0.4 is 15.8 Å². The van der Waals surface area contributed by atoms with Gasteiger partial charge in [0, 0.05) is 17.3 Å². The van der Waals surface area contributed by atoms with Crippen molar-refractivity contribution in [2.24, 2.45) is 5.14 Å². The summed E-state index contributed by atoms with van der Waals surface area (Å²) in [6.45, 7) is 0.279. The zero-order valence-corrected chi connectivity index (χ0v) is 13.0. The molecule has 8 heteroatoms. The quantitative estimate of drug-likeness (QED) is 0.796. The Morgan fingerprint density at radius 1 is 1.09 bits per heavy atom. The summed E-state index contributed by atoms with van der Waals surface area (Å²) in [4.78, 5) is 11.8. The van der Waals surface area contributed by atoms with Gasteiger partial charge in [0.05, 0.1) is 4.90 Å². The highest BCUT2D eigenvalue weighted by Crippen LogP contribution is 2.15. The first-order chi connectivity index (χ1) is 10.4. The molecule has 0 saturated carbocycles. The van der Waals surface area contributed by atoms with E-state index in [9.17, 15) is 13.2 Å². The second kappa shape index (κ2) is 6.78. The van der Waals surface area contributed by atoms with Crippen LogP contribution in [0.4, 0.5) is 10.5 Å². The molecule has 2 aromatic rings. The fourth-order valence-electron chi connectivity index (χ4n) is 1.72. The number of nitrogens with one attached hydrogen (secondary N) is 2. The van der Waals surface area contributed by atoms with Crippen LogP contribution in [0.2, 0.25) is 5.02 Å². The van der Waals surface area contributed by atoms with Crippen molar-refractivity contribution in [3.05, 3.63) is 59.1 Å². The van der Waals surface area contributed by atoms with Crippen LogP contribution in [-0.2, 0) is 16.6 Å². The van der Waals surface area contributed by atoms with Crippen LogP contribution in [0.5, 0.6) is 0 Å². The Kier molecular flexibility index (Phi) is 5.02. The van der Waals surface area contributed by atoms with Crippen molar-refractivity contribution in [1.82, 2.24) is 5.32 Å². The molecule has 2 amide bonds. The molecule has 0 spiro atoms. The van der Waals surface area contributed by atoms with E-state index in [2.05, 4.69) is 10.6 Å². The molecule has 0 aliphatic heterocycles. The Balaban J connectivity index is 1.94. The summed E-state index contributed by atoms with van der Waals surface area (Å²) in [6.07, 6.45) is 0. The number of hydrogen-bond acceptors (Lipinski definition) is 3. The smallest absolute Gasteiger partial charge is 0.319 e. The second-order valence-electron chi connectivity index (χ2n) is 4.47. The van der Waals surface area contributed by atoms with E-state index in [1.807, 2.05) is 12.1 Å². The van der Waals surface area contributed by atoms with Gasteiger partial charge in [-0.3, -0.25) is 0 Å². The van der Waals surface area contributed by atoms with Gasteiger partial charge in [0.2, 0.25) is 10.0 Å². The minimum absolute atomic E-state index is 0.0190. The molecule has 2 rings (SSSR count). The number of primary sulfonamides is 1. The standard InChI is InChI=1S/C14H14ClN3O3S/c15-13-4-2-1-3-10(13)9-17-14(19)18-11-5-7-12(8-6-11)22(16,20)21/h1-8H,9H2,(H2,16,20,21)(H2,17,18,19). The fraction of sp³-hybridized carbons (Fsp3) is 0.0714. The van der Waals surface area contributed by atoms with Gasteiger partial charge in [0.15, 0.2) is 0 Å². The van der Waals surface area contributed by atoms with E-state index < -0.39 is 16.1 Å². The monoisotopic (exact) mass is 339 g/mol. The average molecular weight is 340 g/mol. The first-order valence-corrected chi connectivity index (χ1v) is 8.20.